The van der Waals surface area contributed by atoms with E-state index in [0.29, 0.717) is 12.0 Å². The second-order valence-corrected chi connectivity index (χ2v) is 7.77. The maximum atomic E-state index is 12.7. The predicted molar refractivity (Wildman–Crippen MR) is 105 cm³/mol. The molecule has 2 N–H and O–H groups in total. The molecule has 4 atom stereocenters. The number of carbonyl (C=O) groups excluding carboxylic acids is 1. The van der Waals surface area contributed by atoms with Crippen LogP contribution in [0.1, 0.15) is 36.0 Å². The van der Waals surface area contributed by atoms with Crippen LogP contribution in [0.15, 0.2) is 42.7 Å². The highest BCUT2D eigenvalue weighted by Crippen LogP contribution is 2.31. The monoisotopic (exact) mass is 384 g/mol. The van der Waals surface area contributed by atoms with Gasteiger partial charge in [0.05, 0.1) is 23.8 Å². The molecule has 0 radical (unpaired) electrons. The van der Waals surface area contributed by atoms with Crippen molar-refractivity contribution in [3.8, 4) is 5.75 Å². The fourth-order valence-electron chi connectivity index (χ4n) is 4.40. The maximum absolute atomic E-state index is 12.7. The van der Waals surface area contributed by atoms with E-state index < -0.39 is 6.10 Å². The van der Waals surface area contributed by atoms with Gasteiger partial charge in [0, 0.05) is 19.7 Å². The number of carbonyl (C=O) groups is 1. The number of nitrogens with zero attached hydrogens (tertiary/aromatic N) is 3. The van der Waals surface area contributed by atoms with E-state index in [1.54, 1.807) is 24.1 Å². The number of hydrogen-bond acceptors (Lipinski definition) is 5. The molecule has 1 aromatic heterocycles. The molecular formula is C21H28N4O3. The van der Waals surface area contributed by atoms with E-state index in [2.05, 4.69) is 15.3 Å². The first-order chi connectivity index (χ1) is 13.6. The van der Waals surface area contributed by atoms with Crippen molar-refractivity contribution >= 4 is 5.91 Å². The van der Waals surface area contributed by atoms with Gasteiger partial charge in [-0.2, -0.15) is 5.10 Å². The van der Waals surface area contributed by atoms with Crippen LogP contribution in [-0.4, -0.2) is 63.1 Å². The second-order valence-electron chi connectivity index (χ2n) is 7.77. The van der Waals surface area contributed by atoms with E-state index in [1.165, 1.54) is 6.42 Å². The minimum absolute atomic E-state index is 0.144. The van der Waals surface area contributed by atoms with Crippen LogP contribution in [0.4, 0.5) is 0 Å². The van der Waals surface area contributed by atoms with E-state index >= 15 is 0 Å². The molecule has 1 aliphatic heterocycles. The zero-order valence-corrected chi connectivity index (χ0v) is 16.2. The number of aliphatic hydroxyl groups excluding tert-OH is 1. The zero-order valence-electron chi connectivity index (χ0n) is 16.2. The molecule has 2 fully saturated rings. The zero-order chi connectivity index (χ0) is 19.5. The number of piperidine rings is 1. The number of aromatic nitrogens is 2. The van der Waals surface area contributed by atoms with Gasteiger partial charge in [-0.05, 0) is 38.1 Å². The van der Waals surface area contributed by atoms with Crippen LogP contribution in [0, 0.1) is 0 Å². The fourth-order valence-corrected chi connectivity index (χ4v) is 4.40. The fraction of sp³-hybridized carbons (Fsp3) is 0.524. The van der Waals surface area contributed by atoms with Gasteiger partial charge in [0.15, 0.2) is 0 Å². The molecule has 7 heteroatoms. The van der Waals surface area contributed by atoms with Gasteiger partial charge in [0.1, 0.15) is 18.0 Å². The highest BCUT2D eigenvalue weighted by Gasteiger charge is 2.47. The number of aryl methyl sites for hydroxylation is 1. The van der Waals surface area contributed by atoms with Crippen LogP contribution in [0.2, 0.25) is 0 Å². The van der Waals surface area contributed by atoms with Crippen molar-refractivity contribution in [1.29, 1.82) is 0 Å². The Morgan fingerprint density at radius 3 is 2.64 bits per heavy atom. The number of benzene rings is 1. The normalized spacial score (nSPS) is 28.2. The summed E-state index contributed by atoms with van der Waals surface area (Å²) in [6, 6.07) is 9.24. The molecule has 7 nitrogen and oxygen atoms in total. The van der Waals surface area contributed by atoms with Crippen molar-refractivity contribution in [1.82, 2.24) is 20.0 Å². The summed E-state index contributed by atoms with van der Waals surface area (Å²) in [6.45, 7) is 1.89. The summed E-state index contributed by atoms with van der Waals surface area (Å²) in [6.07, 6.45) is 6.29. The molecule has 4 rings (SSSR count). The number of aliphatic hydroxyl groups is 1. The van der Waals surface area contributed by atoms with Crippen molar-refractivity contribution in [2.45, 2.75) is 50.0 Å². The molecule has 1 aliphatic carbocycles. The van der Waals surface area contributed by atoms with E-state index in [1.807, 2.05) is 30.3 Å². The standard InChI is InChI=1S/C21H28N4O3/c1-24-14-15(13-22-24)21(27)23-17-12-18(28-16-8-4-2-5-9-16)20(26)19(17)25-10-6-3-7-11-25/h2,4-5,8-9,13-14,17-20,26H,3,6-7,10-12H2,1H3,(H,23,27)/t17-,18-,19+,20+/m1/s1. The molecule has 1 saturated heterocycles. The number of amides is 1. The van der Waals surface area contributed by atoms with Gasteiger partial charge in [-0.1, -0.05) is 24.6 Å². The predicted octanol–water partition coefficient (Wildman–Crippen LogP) is 1.59. The number of likely N-dealkylation sites (tertiary alicyclic amines) is 1. The Labute approximate surface area is 165 Å². The number of para-hydroxylation sites is 1. The molecule has 2 heterocycles. The van der Waals surface area contributed by atoms with Crippen molar-refractivity contribution in [3.63, 3.8) is 0 Å². The van der Waals surface area contributed by atoms with Gasteiger partial charge in [-0.25, -0.2) is 0 Å². The minimum Gasteiger partial charge on any atom is -0.488 e. The Kier molecular flexibility index (Phi) is 5.64. The molecule has 1 aromatic carbocycles. The Balaban J connectivity index is 1.51. The third kappa shape index (κ3) is 4.05. The highest BCUT2D eigenvalue weighted by atomic mass is 16.5. The lowest BCUT2D eigenvalue weighted by Crippen LogP contribution is -2.54. The maximum Gasteiger partial charge on any atom is 0.254 e. The van der Waals surface area contributed by atoms with E-state index in [9.17, 15) is 9.90 Å². The molecular weight excluding hydrogens is 356 g/mol. The minimum atomic E-state index is -0.655. The van der Waals surface area contributed by atoms with Gasteiger partial charge in [-0.15, -0.1) is 0 Å². The van der Waals surface area contributed by atoms with Crippen molar-refractivity contribution in [2.24, 2.45) is 7.05 Å². The van der Waals surface area contributed by atoms with E-state index in [4.69, 9.17) is 4.74 Å². The summed E-state index contributed by atoms with van der Waals surface area (Å²) in [5.74, 6) is 0.579. The van der Waals surface area contributed by atoms with Crippen molar-refractivity contribution in [3.05, 3.63) is 48.3 Å². The Bertz CT molecular complexity index is 788. The third-order valence-corrected chi connectivity index (χ3v) is 5.76. The molecule has 2 aromatic rings. The first-order valence-corrected chi connectivity index (χ1v) is 10.0. The van der Waals surface area contributed by atoms with E-state index in [-0.39, 0.29) is 24.1 Å². The van der Waals surface area contributed by atoms with Crippen molar-refractivity contribution < 1.29 is 14.6 Å². The largest absolute Gasteiger partial charge is 0.488 e. The van der Waals surface area contributed by atoms with Crippen LogP contribution in [0.25, 0.3) is 0 Å². The van der Waals surface area contributed by atoms with Crippen LogP contribution < -0.4 is 10.1 Å². The first-order valence-electron chi connectivity index (χ1n) is 10.0. The molecule has 1 amide bonds. The number of ether oxygens (including phenoxy) is 1. The summed E-state index contributed by atoms with van der Waals surface area (Å²) in [4.78, 5) is 15.0. The lowest BCUT2D eigenvalue weighted by Gasteiger charge is -2.37. The van der Waals surface area contributed by atoms with Crippen LogP contribution >= 0.6 is 0 Å². The van der Waals surface area contributed by atoms with Crippen LogP contribution in [0.5, 0.6) is 5.75 Å². The summed E-state index contributed by atoms with van der Waals surface area (Å²) < 4.78 is 7.70. The molecule has 0 unspecified atom stereocenters. The molecule has 0 bridgehead atoms. The summed E-state index contributed by atoms with van der Waals surface area (Å²) in [7, 11) is 1.79. The highest BCUT2D eigenvalue weighted by molar-refractivity contribution is 5.94. The Hall–Kier alpha value is -2.38. The molecule has 2 aliphatic rings. The topological polar surface area (TPSA) is 79.6 Å². The lowest BCUT2D eigenvalue weighted by molar-refractivity contribution is 0.00146. The Morgan fingerprint density at radius 1 is 1.21 bits per heavy atom. The molecule has 150 valence electrons. The molecule has 1 saturated carbocycles. The van der Waals surface area contributed by atoms with Crippen LogP contribution in [-0.2, 0) is 7.05 Å². The van der Waals surface area contributed by atoms with Gasteiger partial charge in [0.25, 0.3) is 5.91 Å². The average Bonchev–Trinajstić information content (AvgIpc) is 3.27. The number of rotatable bonds is 5. The smallest absolute Gasteiger partial charge is 0.254 e. The van der Waals surface area contributed by atoms with Gasteiger partial charge in [-0.3, -0.25) is 14.4 Å². The van der Waals surface area contributed by atoms with Crippen molar-refractivity contribution in [2.75, 3.05) is 13.1 Å². The van der Waals surface area contributed by atoms with Gasteiger partial charge in [0.2, 0.25) is 0 Å². The quantitative estimate of drug-likeness (QED) is 0.818. The SMILES string of the molecule is Cn1cc(C(=O)N[C@@H]2C[C@@H](Oc3ccccc3)[C@H](O)[C@H]2N2CCCCC2)cn1. The molecule has 28 heavy (non-hydrogen) atoms. The Morgan fingerprint density at radius 2 is 1.96 bits per heavy atom. The summed E-state index contributed by atoms with van der Waals surface area (Å²) >= 11 is 0. The summed E-state index contributed by atoms with van der Waals surface area (Å²) in [5.41, 5.74) is 0.529. The number of hydrogen-bond donors (Lipinski definition) is 2. The van der Waals surface area contributed by atoms with E-state index in [0.717, 1.165) is 31.7 Å². The van der Waals surface area contributed by atoms with Gasteiger partial charge >= 0.3 is 0 Å². The molecule has 0 spiro atoms. The third-order valence-electron chi connectivity index (χ3n) is 5.76. The average molecular weight is 384 g/mol. The van der Waals surface area contributed by atoms with Gasteiger partial charge < -0.3 is 15.2 Å². The summed E-state index contributed by atoms with van der Waals surface area (Å²) in [5, 5.41) is 18.3. The number of nitrogens with one attached hydrogen (secondary N) is 1. The second kappa shape index (κ2) is 8.32. The first kappa shape index (κ1) is 19.0. The lowest BCUT2D eigenvalue weighted by atomic mass is 10.0. The van der Waals surface area contributed by atoms with Crippen LogP contribution in [0.3, 0.4) is 0 Å².